The summed E-state index contributed by atoms with van der Waals surface area (Å²) in [5.74, 6) is 0.762. The molecule has 0 saturated carbocycles. The minimum atomic E-state index is -0.465. The van der Waals surface area contributed by atoms with E-state index in [1.165, 1.54) is 20.4 Å². The Morgan fingerprint density at radius 3 is 2.34 bits per heavy atom. The summed E-state index contributed by atoms with van der Waals surface area (Å²) in [6.45, 7) is 0. The fraction of sp³-hybridized carbons (Fsp3) is 0.125. The molecule has 0 aliphatic carbocycles. The summed E-state index contributed by atoms with van der Waals surface area (Å²) in [6.07, 6.45) is 1.51. The Kier molecular flexibility index (Phi) is 7.42. The van der Waals surface area contributed by atoms with Crippen LogP contribution in [0.1, 0.15) is 26.3 Å². The number of carbonyl (C=O) groups is 2. The Balaban J connectivity index is 1.73. The van der Waals surface area contributed by atoms with E-state index in [1.54, 1.807) is 55.6 Å². The number of hydrogen-bond donors (Lipinski definition) is 2. The molecule has 0 radical (unpaired) electrons. The summed E-state index contributed by atoms with van der Waals surface area (Å²) in [4.78, 5) is 25.4. The molecule has 3 aromatic carbocycles. The summed E-state index contributed by atoms with van der Waals surface area (Å²) in [5.41, 5.74) is 4.21. The van der Waals surface area contributed by atoms with Gasteiger partial charge in [0.15, 0.2) is 11.5 Å². The Labute approximate surface area is 185 Å². The second-order valence-corrected chi connectivity index (χ2v) is 6.55. The standard InChI is InChI=1S/C24H23N3O5/c1-30-18-8-6-7-16(13-18)15-25-27-24(29)19-9-4-5-10-20(19)26-23(28)17-11-12-21(31-2)22(14-17)32-3/h4-15H,1-3H3,(H,26,28)(H,27,29)/b25-15+. The van der Waals surface area contributed by atoms with Crippen LogP contribution in [0.3, 0.4) is 0 Å². The van der Waals surface area contributed by atoms with Gasteiger partial charge in [-0.2, -0.15) is 5.10 Å². The van der Waals surface area contributed by atoms with Crippen molar-refractivity contribution >= 4 is 23.7 Å². The zero-order valence-corrected chi connectivity index (χ0v) is 17.9. The highest BCUT2D eigenvalue weighted by Gasteiger charge is 2.15. The maximum absolute atomic E-state index is 12.7. The quantitative estimate of drug-likeness (QED) is 0.417. The van der Waals surface area contributed by atoms with Crippen molar-refractivity contribution in [3.63, 3.8) is 0 Å². The third kappa shape index (κ3) is 5.42. The van der Waals surface area contributed by atoms with E-state index in [1.807, 2.05) is 18.2 Å². The Morgan fingerprint density at radius 1 is 0.812 bits per heavy atom. The number of benzene rings is 3. The van der Waals surface area contributed by atoms with E-state index in [2.05, 4.69) is 15.8 Å². The molecule has 3 aromatic rings. The molecule has 3 rings (SSSR count). The van der Waals surface area contributed by atoms with Gasteiger partial charge in [0.2, 0.25) is 0 Å². The van der Waals surface area contributed by atoms with E-state index in [0.717, 1.165) is 5.56 Å². The molecule has 32 heavy (non-hydrogen) atoms. The van der Waals surface area contributed by atoms with Crippen LogP contribution in [0, 0.1) is 0 Å². The van der Waals surface area contributed by atoms with Gasteiger partial charge in [0.05, 0.1) is 38.8 Å². The molecule has 0 aliphatic rings. The number of nitrogens with zero attached hydrogens (tertiary/aromatic N) is 1. The van der Waals surface area contributed by atoms with Gasteiger partial charge < -0.3 is 19.5 Å². The zero-order chi connectivity index (χ0) is 22.9. The molecule has 164 valence electrons. The third-order valence-corrected chi connectivity index (χ3v) is 4.54. The van der Waals surface area contributed by atoms with E-state index >= 15 is 0 Å². The van der Waals surface area contributed by atoms with E-state index in [-0.39, 0.29) is 5.56 Å². The van der Waals surface area contributed by atoms with Crippen LogP contribution in [0.5, 0.6) is 17.2 Å². The lowest BCUT2D eigenvalue weighted by Gasteiger charge is -2.12. The number of ether oxygens (including phenoxy) is 3. The molecule has 0 aliphatic heterocycles. The van der Waals surface area contributed by atoms with Crippen LogP contribution >= 0.6 is 0 Å². The number of methoxy groups -OCH3 is 3. The molecule has 0 atom stereocenters. The van der Waals surface area contributed by atoms with Gasteiger partial charge in [0, 0.05) is 5.56 Å². The average Bonchev–Trinajstić information content (AvgIpc) is 2.83. The number of hydrazone groups is 1. The maximum Gasteiger partial charge on any atom is 0.273 e. The molecule has 2 N–H and O–H groups in total. The number of hydrogen-bond acceptors (Lipinski definition) is 6. The monoisotopic (exact) mass is 433 g/mol. The molecule has 0 bridgehead atoms. The topological polar surface area (TPSA) is 98.2 Å². The lowest BCUT2D eigenvalue weighted by atomic mass is 10.1. The smallest absolute Gasteiger partial charge is 0.273 e. The van der Waals surface area contributed by atoms with Gasteiger partial charge in [-0.3, -0.25) is 9.59 Å². The van der Waals surface area contributed by atoms with E-state index < -0.39 is 11.8 Å². The largest absolute Gasteiger partial charge is 0.497 e. The molecule has 0 unspecified atom stereocenters. The highest BCUT2D eigenvalue weighted by atomic mass is 16.5. The number of anilines is 1. The van der Waals surface area contributed by atoms with Gasteiger partial charge in [0.1, 0.15) is 5.75 Å². The van der Waals surface area contributed by atoms with Crippen molar-refractivity contribution in [3.8, 4) is 17.2 Å². The van der Waals surface area contributed by atoms with Gasteiger partial charge in [-0.05, 0) is 48.0 Å². The normalized spacial score (nSPS) is 10.5. The first-order chi connectivity index (χ1) is 15.5. The Bertz CT molecular complexity index is 1140. The van der Waals surface area contributed by atoms with Crippen LogP contribution in [0.15, 0.2) is 71.8 Å². The summed E-state index contributed by atoms with van der Waals surface area (Å²) in [6, 6.07) is 18.7. The van der Waals surface area contributed by atoms with E-state index in [0.29, 0.717) is 28.5 Å². The van der Waals surface area contributed by atoms with Crippen LogP contribution in [0.2, 0.25) is 0 Å². The third-order valence-electron chi connectivity index (χ3n) is 4.54. The Hall–Kier alpha value is -4.33. The predicted octanol–water partition coefficient (Wildman–Crippen LogP) is 3.73. The van der Waals surface area contributed by atoms with Crippen molar-refractivity contribution in [3.05, 3.63) is 83.4 Å². The second-order valence-electron chi connectivity index (χ2n) is 6.55. The minimum Gasteiger partial charge on any atom is -0.497 e. The molecule has 0 aromatic heterocycles. The molecule has 8 heteroatoms. The first kappa shape index (κ1) is 22.4. The highest BCUT2D eigenvalue weighted by molar-refractivity contribution is 6.09. The lowest BCUT2D eigenvalue weighted by molar-refractivity contribution is 0.0956. The molecule has 0 heterocycles. The van der Waals surface area contributed by atoms with Crippen molar-refractivity contribution in [2.24, 2.45) is 5.10 Å². The van der Waals surface area contributed by atoms with E-state index in [4.69, 9.17) is 14.2 Å². The summed E-state index contributed by atoms with van der Waals surface area (Å²) >= 11 is 0. The van der Waals surface area contributed by atoms with Crippen molar-refractivity contribution < 1.29 is 23.8 Å². The average molecular weight is 433 g/mol. The first-order valence-electron chi connectivity index (χ1n) is 9.65. The zero-order valence-electron chi connectivity index (χ0n) is 17.9. The molecule has 0 spiro atoms. The molecular formula is C24H23N3O5. The van der Waals surface area contributed by atoms with Gasteiger partial charge in [-0.15, -0.1) is 0 Å². The Morgan fingerprint density at radius 2 is 1.59 bits per heavy atom. The van der Waals surface area contributed by atoms with Crippen LogP contribution in [-0.4, -0.2) is 39.4 Å². The van der Waals surface area contributed by atoms with Gasteiger partial charge >= 0.3 is 0 Å². The van der Waals surface area contributed by atoms with Gasteiger partial charge in [-0.25, -0.2) is 5.43 Å². The fourth-order valence-electron chi connectivity index (χ4n) is 2.91. The van der Waals surface area contributed by atoms with Crippen molar-refractivity contribution in [2.45, 2.75) is 0 Å². The van der Waals surface area contributed by atoms with Crippen LogP contribution in [0.4, 0.5) is 5.69 Å². The summed E-state index contributed by atoms with van der Waals surface area (Å²) in [7, 11) is 4.58. The number of nitrogens with one attached hydrogen (secondary N) is 2. The summed E-state index contributed by atoms with van der Waals surface area (Å²) < 4.78 is 15.6. The second kappa shape index (κ2) is 10.6. The van der Waals surface area contributed by atoms with Crippen LogP contribution < -0.4 is 25.0 Å². The molecule has 0 fully saturated rings. The molecule has 0 saturated heterocycles. The lowest BCUT2D eigenvalue weighted by Crippen LogP contribution is -2.21. The predicted molar refractivity (Wildman–Crippen MR) is 122 cm³/mol. The number of carbonyl (C=O) groups excluding carboxylic acids is 2. The number of para-hydroxylation sites is 1. The molecular weight excluding hydrogens is 410 g/mol. The highest BCUT2D eigenvalue weighted by Crippen LogP contribution is 2.28. The van der Waals surface area contributed by atoms with Gasteiger partial charge in [0.25, 0.3) is 11.8 Å². The first-order valence-corrected chi connectivity index (χ1v) is 9.65. The SMILES string of the molecule is COc1cccc(/C=N/NC(=O)c2ccccc2NC(=O)c2ccc(OC)c(OC)c2)c1. The van der Waals surface area contributed by atoms with Crippen LogP contribution in [-0.2, 0) is 0 Å². The molecule has 8 nitrogen and oxygen atoms in total. The van der Waals surface area contributed by atoms with Crippen molar-refractivity contribution in [2.75, 3.05) is 26.6 Å². The van der Waals surface area contributed by atoms with Crippen molar-refractivity contribution in [1.82, 2.24) is 5.43 Å². The molecule has 2 amide bonds. The van der Waals surface area contributed by atoms with E-state index in [9.17, 15) is 9.59 Å². The van der Waals surface area contributed by atoms with Crippen molar-refractivity contribution in [1.29, 1.82) is 0 Å². The fourth-order valence-corrected chi connectivity index (χ4v) is 2.91. The number of rotatable bonds is 8. The summed E-state index contributed by atoms with van der Waals surface area (Å²) in [5, 5.41) is 6.75. The van der Waals surface area contributed by atoms with Gasteiger partial charge in [-0.1, -0.05) is 24.3 Å². The maximum atomic E-state index is 12.7. The number of amides is 2. The minimum absolute atomic E-state index is 0.268. The van der Waals surface area contributed by atoms with Crippen LogP contribution in [0.25, 0.3) is 0 Å².